The molecule has 0 aliphatic carbocycles. The van der Waals surface area contributed by atoms with Crippen molar-refractivity contribution in [2.45, 2.75) is 6.92 Å². The summed E-state index contributed by atoms with van der Waals surface area (Å²) in [6.07, 6.45) is 0. The number of hydrogen-bond acceptors (Lipinski definition) is 4. The third-order valence-corrected chi connectivity index (χ3v) is 4.58. The van der Waals surface area contributed by atoms with E-state index in [2.05, 4.69) is 10.6 Å². The van der Waals surface area contributed by atoms with Gasteiger partial charge in [0.1, 0.15) is 11.4 Å². The molecule has 28 heavy (non-hydrogen) atoms. The van der Waals surface area contributed by atoms with Gasteiger partial charge in [0.05, 0.1) is 18.5 Å². The first kappa shape index (κ1) is 19.4. The quantitative estimate of drug-likeness (QED) is 0.663. The molecule has 144 valence electrons. The zero-order valence-electron chi connectivity index (χ0n) is 15.7. The normalized spacial score (nSPS) is 10.4. The Kier molecular flexibility index (Phi) is 5.60. The van der Waals surface area contributed by atoms with E-state index in [9.17, 15) is 9.59 Å². The second kappa shape index (κ2) is 8.10. The number of anilines is 1. The lowest BCUT2D eigenvalue weighted by Gasteiger charge is -2.09. The Morgan fingerprint density at radius 2 is 1.71 bits per heavy atom. The molecule has 1 aromatic heterocycles. The molecule has 2 N–H and O–H groups in total. The summed E-state index contributed by atoms with van der Waals surface area (Å²) in [5.74, 6) is 0.274. The highest BCUT2D eigenvalue weighted by Crippen LogP contribution is 2.14. The molecule has 0 saturated heterocycles. The van der Waals surface area contributed by atoms with Crippen molar-refractivity contribution in [2.24, 2.45) is 7.05 Å². The van der Waals surface area contributed by atoms with Crippen molar-refractivity contribution < 1.29 is 9.53 Å². The summed E-state index contributed by atoms with van der Waals surface area (Å²) in [6.45, 7) is 1.80. The fourth-order valence-electron chi connectivity index (χ4n) is 2.77. The van der Waals surface area contributed by atoms with E-state index >= 15 is 0 Å². The predicted octanol–water partition coefficient (Wildman–Crippen LogP) is 2.62. The number of hydrogen-bond donors (Lipinski definition) is 2. The van der Waals surface area contributed by atoms with Gasteiger partial charge in [0.2, 0.25) is 0 Å². The van der Waals surface area contributed by atoms with Crippen molar-refractivity contribution in [3.05, 3.63) is 76.2 Å². The number of benzene rings is 2. The van der Waals surface area contributed by atoms with Gasteiger partial charge in [-0.15, -0.1) is 0 Å². The molecule has 8 heteroatoms. The van der Waals surface area contributed by atoms with Crippen molar-refractivity contribution in [3.63, 3.8) is 0 Å². The Labute approximate surface area is 167 Å². The number of methoxy groups -OCH3 is 1. The molecule has 3 aromatic rings. The topological polar surface area (TPSA) is 77.3 Å². The van der Waals surface area contributed by atoms with Gasteiger partial charge < -0.3 is 10.1 Å². The van der Waals surface area contributed by atoms with Crippen LogP contribution < -0.4 is 20.9 Å². The molecule has 0 spiro atoms. The standard InChI is InChI=1S/C20H20N4O3S/c1-13-17(19(26)24(23(13)2)15-7-5-4-6-8-15)21-20(28)22-18(25)14-9-11-16(27-3)12-10-14/h4-12H,1-3H3,(H2,21,22,25,28). The molecule has 0 saturated carbocycles. The number of para-hydroxylation sites is 1. The number of thiocarbonyl (C=S) groups is 1. The molecule has 0 fully saturated rings. The van der Waals surface area contributed by atoms with E-state index in [1.54, 1.807) is 50.0 Å². The Balaban J connectivity index is 1.79. The van der Waals surface area contributed by atoms with Crippen molar-refractivity contribution in [1.82, 2.24) is 14.7 Å². The molecule has 7 nitrogen and oxygen atoms in total. The van der Waals surface area contributed by atoms with E-state index in [1.165, 1.54) is 4.68 Å². The highest BCUT2D eigenvalue weighted by atomic mass is 32.1. The van der Waals surface area contributed by atoms with Gasteiger partial charge in [0, 0.05) is 12.6 Å². The Hall–Kier alpha value is -3.39. The minimum atomic E-state index is -0.378. The SMILES string of the molecule is COc1ccc(C(=O)NC(=S)Nc2c(C)n(C)n(-c3ccccc3)c2=O)cc1. The lowest BCUT2D eigenvalue weighted by molar-refractivity contribution is 0.0977. The maximum atomic E-state index is 12.9. The van der Waals surface area contributed by atoms with Crippen molar-refractivity contribution in [2.75, 3.05) is 12.4 Å². The fourth-order valence-corrected chi connectivity index (χ4v) is 2.97. The first-order valence-electron chi connectivity index (χ1n) is 8.52. The zero-order valence-corrected chi connectivity index (χ0v) is 16.5. The van der Waals surface area contributed by atoms with Crippen LogP contribution in [0.5, 0.6) is 5.75 Å². The van der Waals surface area contributed by atoms with E-state index in [0.29, 0.717) is 22.7 Å². The highest BCUT2D eigenvalue weighted by Gasteiger charge is 2.18. The highest BCUT2D eigenvalue weighted by molar-refractivity contribution is 7.80. The number of aromatic nitrogens is 2. The molecule has 2 aromatic carbocycles. The van der Waals surface area contributed by atoms with E-state index < -0.39 is 0 Å². The van der Waals surface area contributed by atoms with Gasteiger partial charge in [0.15, 0.2) is 5.11 Å². The molecule has 0 bridgehead atoms. The molecule has 0 unspecified atom stereocenters. The van der Waals surface area contributed by atoms with Crippen LogP contribution in [0.25, 0.3) is 5.69 Å². The van der Waals surface area contributed by atoms with Crippen molar-refractivity contribution in [3.8, 4) is 11.4 Å². The molecular formula is C20H20N4O3S. The number of ether oxygens (including phenoxy) is 1. The number of rotatable bonds is 4. The minimum absolute atomic E-state index is 0.0480. The summed E-state index contributed by atoms with van der Waals surface area (Å²) < 4.78 is 8.34. The second-order valence-corrected chi connectivity index (χ2v) is 6.48. The summed E-state index contributed by atoms with van der Waals surface area (Å²) in [7, 11) is 3.34. The van der Waals surface area contributed by atoms with Crippen LogP contribution in [0.15, 0.2) is 59.4 Å². The number of nitrogens with zero attached hydrogens (tertiary/aromatic N) is 2. The van der Waals surface area contributed by atoms with E-state index in [4.69, 9.17) is 17.0 Å². The smallest absolute Gasteiger partial charge is 0.295 e. The number of carbonyl (C=O) groups is 1. The Morgan fingerprint density at radius 3 is 2.32 bits per heavy atom. The van der Waals surface area contributed by atoms with E-state index in [-0.39, 0.29) is 16.6 Å². The average molecular weight is 396 g/mol. The lowest BCUT2D eigenvalue weighted by atomic mass is 10.2. The van der Waals surface area contributed by atoms with Crippen LogP contribution >= 0.6 is 12.2 Å². The van der Waals surface area contributed by atoms with Crippen LogP contribution in [0, 0.1) is 6.92 Å². The van der Waals surface area contributed by atoms with Gasteiger partial charge in [-0.3, -0.25) is 19.6 Å². The molecule has 1 heterocycles. The van der Waals surface area contributed by atoms with Crippen LogP contribution in [-0.4, -0.2) is 27.5 Å². The first-order valence-corrected chi connectivity index (χ1v) is 8.93. The first-order chi connectivity index (χ1) is 13.4. The predicted molar refractivity (Wildman–Crippen MR) is 112 cm³/mol. The molecule has 0 aliphatic heterocycles. The van der Waals surface area contributed by atoms with Gasteiger partial charge in [-0.2, -0.15) is 0 Å². The summed E-state index contributed by atoms with van der Waals surface area (Å²) in [5.41, 5.74) is 1.91. The maximum absolute atomic E-state index is 12.9. The molecular weight excluding hydrogens is 376 g/mol. The van der Waals surface area contributed by atoms with Gasteiger partial charge in [-0.05, 0) is 55.5 Å². The fraction of sp³-hybridized carbons (Fsp3) is 0.150. The Bertz CT molecular complexity index is 1070. The Morgan fingerprint density at radius 1 is 1.07 bits per heavy atom. The maximum Gasteiger partial charge on any atom is 0.295 e. The molecule has 1 amide bonds. The van der Waals surface area contributed by atoms with E-state index in [1.807, 2.05) is 30.3 Å². The minimum Gasteiger partial charge on any atom is -0.497 e. The van der Waals surface area contributed by atoms with Crippen LogP contribution in [0.1, 0.15) is 16.1 Å². The van der Waals surface area contributed by atoms with Gasteiger partial charge in [-0.1, -0.05) is 18.2 Å². The summed E-state index contributed by atoms with van der Waals surface area (Å²) in [6, 6.07) is 15.9. The lowest BCUT2D eigenvalue weighted by Crippen LogP contribution is -2.35. The monoisotopic (exact) mass is 396 g/mol. The molecule has 0 atom stereocenters. The van der Waals surface area contributed by atoms with Gasteiger partial charge in [0.25, 0.3) is 11.5 Å². The van der Waals surface area contributed by atoms with Crippen LogP contribution in [0.4, 0.5) is 5.69 Å². The average Bonchev–Trinajstić information content (AvgIpc) is 2.92. The van der Waals surface area contributed by atoms with Gasteiger partial charge >= 0.3 is 0 Å². The second-order valence-electron chi connectivity index (χ2n) is 6.07. The molecule has 0 radical (unpaired) electrons. The molecule has 3 rings (SSSR count). The summed E-state index contributed by atoms with van der Waals surface area (Å²) in [4.78, 5) is 25.2. The van der Waals surface area contributed by atoms with E-state index in [0.717, 1.165) is 5.69 Å². The van der Waals surface area contributed by atoms with Crippen molar-refractivity contribution in [1.29, 1.82) is 0 Å². The number of nitrogens with one attached hydrogen (secondary N) is 2. The third kappa shape index (κ3) is 3.81. The van der Waals surface area contributed by atoms with Crippen LogP contribution in [-0.2, 0) is 7.05 Å². The molecule has 0 aliphatic rings. The summed E-state index contributed by atoms with van der Waals surface area (Å²) in [5, 5.41) is 5.49. The largest absolute Gasteiger partial charge is 0.497 e. The van der Waals surface area contributed by atoms with Crippen LogP contribution in [0.3, 0.4) is 0 Å². The summed E-state index contributed by atoms with van der Waals surface area (Å²) >= 11 is 5.22. The van der Waals surface area contributed by atoms with Crippen molar-refractivity contribution >= 4 is 28.9 Å². The third-order valence-electron chi connectivity index (χ3n) is 4.37. The zero-order chi connectivity index (χ0) is 20.3. The van der Waals surface area contributed by atoms with Gasteiger partial charge in [-0.25, -0.2) is 4.68 Å². The van der Waals surface area contributed by atoms with Crippen LogP contribution in [0.2, 0.25) is 0 Å². The number of carbonyl (C=O) groups excluding carboxylic acids is 1. The number of amides is 1.